The van der Waals surface area contributed by atoms with E-state index in [-0.39, 0.29) is 17.9 Å². The minimum Gasteiger partial charge on any atom is -0.426 e. The summed E-state index contributed by atoms with van der Waals surface area (Å²) in [5.74, 6) is -2.47. The minimum absolute atomic E-state index is 0.0852. The first-order chi connectivity index (χ1) is 13.3. The average Bonchev–Trinajstić information content (AvgIpc) is 3.44. The Balaban J connectivity index is 1.66. The van der Waals surface area contributed by atoms with E-state index in [1.54, 1.807) is 30.3 Å². The maximum atomic E-state index is 13.9. The van der Waals surface area contributed by atoms with E-state index < -0.39 is 30.3 Å². The molecule has 2 amide bonds. The van der Waals surface area contributed by atoms with Gasteiger partial charge < -0.3 is 20.7 Å². The highest BCUT2D eigenvalue weighted by Crippen LogP contribution is 2.36. The van der Waals surface area contributed by atoms with Crippen LogP contribution in [0, 0.1) is 12.7 Å². The third-order valence-electron chi connectivity index (χ3n) is 4.93. The Kier molecular flexibility index (Phi) is 5.81. The van der Waals surface area contributed by atoms with Gasteiger partial charge in [0.05, 0.1) is 5.94 Å². The number of nitrogens with one attached hydrogen (secondary N) is 2. The van der Waals surface area contributed by atoms with Gasteiger partial charge in [-0.15, -0.1) is 0 Å². The van der Waals surface area contributed by atoms with Crippen LogP contribution < -0.4 is 10.6 Å². The van der Waals surface area contributed by atoms with Crippen molar-refractivity contribution in [3.8, 4) is 0 Å². The molecule has 0 saturated heterocycles. The molecule has 0 unspecified atom stereocenters. The van der Waals surface area contributed by atoms with Crippen LogP contribution in [0.3, 0.4) is 0 Å². The second kappa shape index (κ2) is 8.12. The quantitative estimate of drug-likeness (QED) is 0.538. The van der Waals surface area contributed by atoms with Gasteiger partial charge in [0.1, 0.15) is 11.4 Å². The van der Waals surface area contributed by atoms with Gasteiger partial charge in [-0.25, -0.2) is 4.39 Å². The zero-order valence-electron chi connectivity index (χ0n) is 15.5. The van der Waals surface area contributed by atoms with E-state index in [4.69, 9.17) is 0 Å². The van der Waals surface area contributed by atoms with Gasteiger partial charge in [-0.3, -0.25) is 9.59 Å². The van der Waals surface area contributed by atoms with Crippen LogP contribution in [-0.4, -0.2) is 40.5 Å². The molecule has 0 radical (unpaired) electrons. The Bertz CT molecular complexity index is 869. The van der Waals surface area contributed by atoms with Crippen LogP contribution in [0.1, 0.15) is 34.3 Å². The predicted octanol–water partition coefficient (Wildman–Crippen LogP) is 1.14. The second-order valence-corrected chi connectivity index (χ2v) is 7.19. The molecular weight excluding hydrogens is 362 g/mol. The molecule has 28 heavy (non-hydrogen) atoms. The molecule has 146 valence electrons. The lowest BCUT2D eigenvalue weighted by molar-refractivity contribution is -0.124. The first-order valence-corrected chi connectivity index (χ1v) is 9.10. The van der Waals surface area contributed by atoms with Crippen molar-refractivity contribution in [2.45, 2.75) is 37.7 Å². The maximum Gasteiger partial charge on any atom is 0.475 e. The smallest absolute Gasteiger partial charge is 0.426 e. The lowest BCUT2D eigenvalue weighted by atomic mass is 9.75. The summed E-state index contributed by atoms with van der Waals surface area (Å²) < 4.78 is 13.9. The van der Waals surface area contributed by atoms with Crippen LogP contribution in [0.15, 0.2) is 48.5 Å². The molecule has 1 aliphatic rings. The molecule has 0 aromatic heterocycles. The lowest BCUT2D eigenvalue weighted by Crippen LogP contribution is -2.56. The van der Waals surface area contributed by atoms with Crippen molar-refractivity contribution in [2.24, 2.45) is 0 Å². The van der Waals surface area contributed by atoms with E-state index in [0.29, 0.717) is 18.4 Å². The van der Waals surface area contributed by atoms with Gasteiger partial charge in [0.25, 0.3) is 5.91 Å². The van der Waals surface area contributed by atoms with Crippen LogP contribution in [-0.2, 0) is 11.2 Å². The highest BCUT2D eigenvalue weighted by molar-refractivity contribution is 6.43. The topological polar surface area (TPSA) is 98.7 Å². The molecule has 0 spiro atoms. The Morgan fingerprint density at radius 3 is 2.36 bits per heavy atom. The Hall–Kier alpha value is -2.71. The van der Waals surface area contributed by atoms with Crippen LogP contribution in [0.2, 0.25) is 0 Å². The fraction of sp³-hybridized carbons (Fsp3) is 0.300. The molecule has 2 aromatic rings. The molecule has 1 atom stereocenters. The number of amides is 2. The van der Waals surface area contributed by atoms with Gasteiger partial charge in [0.2, 0.25) is 5.91 Å². The van der Waals surface area contributed by atoms with E-state index in [1.807, 2.05) is 6.92 Å². The van der Waals surface area contributed by atoms with E-state index in [9.17, 15) is 24.0 Å². The number of rotatable bonds is 7. The SMILES string of the molecule is Cc1ccc(C(=O)NC2(C(=O)N[C@@H](Cc3ccccc3F)B(O)O)CC2)cc1. The standard InChI is InChI=1S/C20H22BFN2O4/c1-13-6-8-14(9-7-13)18(25)24-20(10-11-20)19(26)23-17(21(27)28)12-15-4-2-3-5-16(15)22/h2-9,17,27-28H,10-12H2,1H3,(H,23,26)(H,24,25)/t17-/m0/s1. The summed E-state index contributed by atoms with van der Waals surface area (Å²) in [6.45, 7) is 1.91. The Morgan fingerprint density at radius 2 is 1.79 bits per heavy atom. The van der Waals surface area contributed by atoms with Crippen LogP contribution in [0.5, 0.6) is 0 Å². The molecular formula is C20H22BFN2O4. The van der Waals surface area contributed by atoms with E-state index in [0.717, 1.165) is 5.56 Å². The lowest BCUT2D eigenvalue weighted by Gasteiger charge is -2.23. The van der Waals surface area contributed by atoms with Crippen molar-refractivity contribution < 1.29 is 24.0 Å². The van der Waals surface area contributed by atoms with Gasteiger partial charge in [0, 0.05) is 5.56 Å². The summed E-state index contributed by atoms with van der Waals surface area (Å²) in [5, 5.41) is 24.5. The normalized spacial score (nSPS) is 15.4. The van der Waals surface area contributed by atoms with Crippen molar-refractivity contribution in [2.75, 3.05) is 0 Å². The molecule has 8 heteroatoms. The van der Waals surface area contributed by atoms with Crippen molar-refractivity contribution in [1.29, 1.82) is 0 Å². The zero-order chi connectivity index (χ0) is 20.3. The van der Waals surface area contributed by atoms with Crippen molar-refractivity contribution in [3.05, 3.63) is 71.0 Å². The third kappa shape index (κ3) is 4.58. The van der Waals surface area contributed by atoms with E-state index in [1.165, 1.54) is 18.2 Å². The second-order valence-electron chi connectivity index (χ2n) is 7.19. The third-order valence-corrected chi connectivity index (χ3v) is 4.93. The number of halogens is 1. The Labute approximate surface area is 162 Å². The van der Waals surface area contributed by atoms with Crippen molar-refractivity contribution in [3.63, 3.8) is 0 Å². The summed E-state index contributed by atoms with van der Waals surface area (Å²) in [6, 6.07) is 12.9. The van der Waals surface area contributed by atoms with Gasteiger partial charge in [-0.05, 0) is 49.9 Å². The first-order valence-electron chi connectivity index (χ1n) is 9.10. The molecule has 3 rings (SSSR count). The van der Waals surface area contributed by atoms with Gasteiger partial charge in [0.15, 0.2) is 0 Å². The molecule has 1 fully saturated rings. The van der Waals surface area contributed by atoms with Gasteiger partial charge in [-0.2, -0.15) is 0 Å². The molecule has 4 N–H and O–H groups in total. The van der Waals surface area contributed by atoms with E-state index >= 15 is 0 Å². The van der Waals surface area contributed by atoms with Crippen molar-refractivity contribution in [1.82, 2.24) is 10.6 Å². The van der Waals surface area contributed by atoms with Crippen LogP contribution >= 0.6 is 0 Å². The largest absolute Gasteiger partial charge is 0.475 e. The molecule has 6 nitrogen and oxygen atoms in total. The number of benzene rings is 2. The molecule has 2 aromatic carbocycles. The average molecular weight is 384 g/mol. The maximum absolute atomic E-state index is 13.9. The van der Waals surface area contributed by atoms with Crippen LogP contribution in [0.25, 0.3) is 0 Å². The monoisotopic (exact) mass is 384 g/mol. The molecule has 0 bridgehead atoms. The predicted molar refractivity (Wildman–Crippen MR) is 103 cm³/mol. The number of hydrogen-bond donors (Lipinski definition) is 4. The zero-order valence-corrected chi connectivity index (χ0v) is 15.5. The summed E-state index contributed by atoms with van der Waals surface area (Å²) in [7, 11) is -1.87. The molecule has 1 saturated carbocycles. The number of carbonyl (C=O) groups is 2. The van der Waals surface area contributed by atoms with Crippen LogP contribution in [0.4, 0.5) is 4.39 Å². The summed E-state index contributed by atoms with van der Waals surface area (Å²) in [5.41, 5.74) is 0.636. The molecule has 1 aliphatic carbocycles. The molecule has 0 heterocycles. The first kappa shape index (κ1) is 20.0. The highest BCUT2D eigenvalue weighted by Gasteiger charge is 2.52. The fourth-order valence-corrected chi connectivity index (χ4v) is 2.97. The Morgan fingerprint density at radius 1 is 1.14 bits per heavy atom. The van der Waals surface area contributed by atoms with Gasteiger partial charge >= 0.3 is 7.12 Å². The number of carbonyl (C=O) groups excluding carboxylic acids is 2. The minimum atomic E-state index is -1.87. The fourth-order valence-electron chi connectivity index (χ4n) is 2.97. The van der Waals surface area contributed by atoms with Crippen molar-refractivity contribution >= 4 is 18.9 Å². The number of hydrogen-bond acceptors (Lipinski definition) is 4. The summed E-state index contributed by atoms with van der Waals surface area (Å²) in [6.07, 6.45) is 0.812. The summed E-state index contributed by atoms with van der Waals surface area (Å²) >= 11 is 0. The number of aryl methyl sites for hydroxylation is 1. The van der Waals surface area contributed by atoms with Gasteiger partial charge in [-0.1, -0.05) is 35.9 Å². The molecule has 0 aliphatic heterocycles. The summed E-state index contributed by atoms with van der Waals surface area (Å²) in [4.78, 5) is 25.1. The van der Waals surface area contributed by atoms with E-state index in [2.05, 4.69) is 10.6 Å². The highest BCUT2D eigenvalue weighted by atomic mass is 19.1.